The Labute approximate surface area is 124 Å². The average Bonchev–Trinajstić information content (AvgIpc) is 2.49. The van der Waals surface area contributed by atoms with Crippen LogP contribution in [0.25, 0.3) is 0 Å². The van der Waals surface area contributed by atoms with Gasteiger partial charge in [-0.15, -0.1) is 0 Å². The normalized spacial score (nSPS) is 19.3. The molecule has 1 unspecified atom stereocenters. The van der Waals surface area contributed by atoms with Crippen LogP contribution in [0, 0.1) is 5.82 Å². The third-order valence-corrected chi connectivity index (χ3v) is 3.73. The van der Waals surface area contributed by atoms with Crippen LogP contribution in [0.15, 0.2) is 12.3 Å². The van der Waals surface area contributed by atoms with E-state index in [2.05, 4.69) is 27.4 Å². The standard InChI is InChI=1S/C15H23FN4O/c1-3-17-14-13(8-11(16)9-18-14)15(21)19-12-6-5-7-20(4-2)10-12/h8-9,12H,3-7,10H2,1-2H3,(H,17,18)(H,19,21). The van der Waals surface area contributed by atoms with Gasteiger partial charge in [-0.05, 0) is 38.9 Å². The molecule has 1 aromatic heterocycles. The third kappa shape index (κ3) is 4.14. The van der Waals surface area contributed by atoms with Crippen LogP contribution in [0.3, 0.4) is 0 Å². The number of nitrogens with zero attached hydrogens (tertiary/aromatic N) is 2. The Hall–Kier alpha value is -1.69. The van der Waals surface area contributed by atoms with Crippen LogP contribution in [-0.4, -0.2) is 48.0 Å². The van der Waals surface area contributed by atoms with Crippen LogP contribution in [0.2, 0.25) is 0 Å². The highest BCUT2D eigenvalue weighted by Gasteiger charge is 2.22. The van der Waals surface area contributed by atoms with E-state index >= 15 is 0 Å². The fraction of sp³-hybridized carbons (Fsp3) is 0.600. The highest BCUT2D eigenvalue weighted by molar-refractivity contribution is 5.98. The number of hydrogen-bond donors (Lipinski definition) is 2. The smallest absolute Gasteiger partial charge is 0.255 e. The minimum atomic E-state index is -0.499. The highest BCUT2D eigenvalue weighted by Crippen LogP contribution is 2.15. The molecule has 5 nitrogen and oxygen atoms in total. The number of carbonyl (C=O) groups excluding carboxylic acids is 1. The molecule has 6 heteroatoms. The Morgan fingerprint density at radius 2 is 2.33 bits per heavy atom. The summed E-state index contributed by atoms with van der Waals surface area (Å²) >= 11 is 0. The maximum Gasteiger partial charge on any atom is 0.255 e. The Morgan fingerprint density at radius 3 is 3.05 bits per heavy atom. The van der Waals surface area contributed by atoms with E-state index in [-0.39, 0.29) is 17.5 Å². The van der Waals surface area contributed by atoms with Gasteiger partial charge in [-0.2, -0.15) is 0 Å². The number of amides is 1. The van der Waals surface area contributed by atoms with Crippen LogP contribution in [0.1, 0.15) is 37.0 Å². The number of piperidine rings is 1. The van der Waals surface area contributed by atoms with E-state index in [0.717, 1.165) is 38.7 Å². The summed E-state index contributed by atoms with van der Waals surface area (Å²) in [7, 11) is 0. The van der Waals surface area contributed by atoms with Gasteiger partial charge >= 0.3 is 0 Å². The molecule has 1 saturated heterocycles. The lowest BCUT2D eigenvalue weighted by Gasteiger charge is -2.32. The molecular weight excluding hydrogens is 271 g/mol. The SMILES string of the molecule is CCNc1ncc(F)cc1C(=O)NC1CCCN(CC)C1. The fourth-order valence-corrected chi connectivity index (χ4v) is 2.64. The van der Waals surface area contributed by atoms with Gasteiger partial charge in [0.15, 0.2) is 0 Å². The summed E-state index contributed by atoms with van der Waals surface area (Å²) in [6.07, 6.45) is 3.15. The first kappa shape index (κ1) is 15.7. The van der Waals surface area contributed by atoms with Crippen LogP contribution < -0.4 is 10.6 Å². The fourth-order valence-electron chi connectivity index (χ4n) is 2.64. The van der Waals surface area contributed by atoms with Gasteiger partial charge in [0.05, 0.1) is 11.8 Å². The number of anilines is 1. The summed E-state index contributed by atoms with van der Waals surface area (Å²) in [5, 5.41) is 5.99. The van der Waals surface area contributed by atoms with Crippen molar-refractivity contribution in [1.82, 2.24) is 15.2 Å². The topological polar surface area (TPSA) is 57.3 Å². The molecule has 1 atom stereocenters. The number of likely N-dealkylation sites (tertiary alicyclic amines) is 1. The molecule has 21 heavy (non-hydrogen) atoms. The van der Waals surface area contributed by atoms with E-state index in [4.69, 9.17) is 0 Å². The van der Waals surface area contributed by atoms with Crippen molar-refractivity contribution in [2.45, 2.75) is 32.7 Å². The Kier molecular flexibility index (Phi) is 5.50. The van der Waals surface area contributed by atoms with E-state index < -0.39 is 5.82 Å². The number of rotatable bonds is 5. The number of halogens is 1. The second-order valence-corrected chi connectivity index (χ2v) is 5.29. The molecule has 0 spiro atoms. The molecule has 0 aliphatic carbocycles. The molecule has 0 aromatic carbocycles. The van der Waals surface area contributed by atoms with Crippen molar-refractivity contribution in [3.05, 3.63) is 23.6 Å². The summed E-state index contributed by atoms with van der Waals surface area (Å²) in [4.78, 5) is 18.6. The summed E-state index contributed by atoms with van der Waals surface area (Å²) < 4.78 is 13.4. The number of likely N-dealkylation sites (N-methyl/N-ethyl adjacent to an activating group) is 1. The van der Waals surface area contributed by atoms with Crippen LogP contribution in [0.4, 0.5) is 10.2 Å². The summed E-state index contributed by atoms with van der Waals surface area (Å²) in [6, 6.07) is 1.35. The van der Waals surface area contributed by atoms with Crippen LogP contribution >= 0.6 is 0 Å². The van der Waals surface area contributed by atoms with Crippen molar-refractivity contribution in [3.63, 3.8) is 0 Å². The van der Waals surface area contributed by atoms with Gasteiger partial charge < -0.3 is 15.5 Å². The minimum Gasteiger partial charge on any atom is -0.370 e. The zero-order valence-corrected chi connectivity index (χ0v) is 12.7. The lowest BCUT2D eigenvalue weighted by molar-refractivity contribution is 0.0906. The van der Waals surface area contributed by atoms with Gasteiger partial charge in [-0.3, -0.25) is 4.79 Å². The van der Waals surface area contributed by atoms with Gasteiger partial charge in [-0.25, -0.2) is 9.37 Å². The van der Waals surface area contributed by atoms with Gasteiger partial charge in [0.2, 0.25) is 0 Å². The van der Waals surface area contributed by atoms with Crippen molar-refractivity contribution in [2.75, 3.05) is 31.5 Å². The first-order valence-corrected chi connectivity index (χ1v) is 7.56. The first-order valence-electron chi connectivity index (χ1n) is 7.56. The van der Waals surface area contributed by atoms with Crippen molar-refractivity contribution in [1.29, 1.82) is 0 Å². The molecule has 2 heterocycles. The van der Waals surface area contributed by atoms with Gasteiger partial charge in [-0.1, -0.05) is 6.92 Å². The Bertz CT molecular complexity index is 495. The van der Waals surface area contributed by atoms with Gasteiger partial charge in [0, 0.05) is 19.1 Å². The number of pyridine rings is 1. The highest BCUT2D eigenvalue weighted by atomic mass is 19.1. The Balaban J connectivity index is 2.07. The monoisotopic (exact) mass is 294 g/mol. The molecule has 0 bridgehead atoms. The number of hydrogen-bond acceptors (Lipinski definition) is 4. The Morgan fingerprint density at radius 1 is 1.52 bits per heavy atom. The average molecular weight is 294 g/mol. The van der Waals surface area contributed by atoms with E-state index in [1.807, 2.05) is 6.92 Å². The molecule has 1 aliphatic heterocycles. The number of aromatic nitrogens is 1. The van der Waals surface area contributed by atoms with Crippen molar-refractivity contribution in [3.8, 4) is 0 Å². The third-order valence-electron chi connectivity index (χ3n) is 3.73. The van der Waals surface area contributed by atoms with Crippen LogP contribution in [-0.2, 0) is 0 Å². The van der Waals surface area contributed by atoms with Crippen molar-refractivity contribution in [2.24, 2.45) is 0 Å². The van der Waals surface area contributed by atoms with Crippen molar-refractivity contribution < 1.29 is 9.18 Å². The molecule has 0 radical (unpaired) electrons. The molecule has 1 aliphatic rings. The predicted molar refractivity (Wildman–Crippen MR) is 81.0 cm³/mol. The second-order valence-electron chi connectivity index (χ2n) is 5.29. The molecule has 2 N–H and O–H groups in total. The summed E-state index contributed by atoms with van der Waals surface area (Å²) in [5.41, 5.74) is 0.269. The number of carbonyl (C=O) groups is 1. The zero-order chi connectivity index (χ0) is 15.2. The minimum absolute atomic E-state index is 0.115. The lowest BCUT2D eigenvalue weighted by Crippen LogP contribution is -2.47. The molecule has 1 fully saturated rings. The largest absolute Gasteiger partial charge is 0.370 e. The molecule has 1 aromatic rings. The summed E-state index contributed by atoms with van der Waals surface area (Å²) in [6.45, 7) is 7.56. The van der Waals surface area contributed by atoms with E-state index in [0.29, 0.717) is 12.4 Å². The van der Waals surface area contributed by atoms with Crippen LogP contribution in [0.5, 0.6) is 0 Å². The summed E-state index contributed by atoms with van der Waals surface area (Å²) in [5.74, 6) is -0.332. The maximum absolute atomic E-state index is 13.4. The molecule has 1 amide bonds. The molecular formula is C15H23FN4O. The lowest BCUT2D eigenvalue weighted by atomic mass is 10.1. The second kappa shape index (κ2) is 7.36. The molecule has 0 saturated carbocycles. The van der Waals surface area contributed by atoms with Gasteiger partial charge in [0.25, 0.3) is 5.91 Å². The van der Waals surface area contributed by atoms with E-state index in [9.17, 15) is 9.18 Å². The van der Waals surface area contributed by atoms with Crippen molar-refractivity contribution >= 4 is 11.7 Å². The van der Waals surface area contributed by atoms with E-state index in [1.54, 1.807) is 0 Å². The van der Waals surface area contributed by atoms with Gasteiger partial charge in [0.1, 0.15) is 11.6 Å². The first-order chi connectivity index (χ1) is 10.1. The predicted octanol–water partition coefficient (Wildman–Crippen LogP) is 1.87. The quantitative estimate of drug-likeness (QED) is 0.870. The maximum atomic E-state index is 13.4. The zero-order valence-electron chi connectivity index (χ0n) is 12.7. The number of nitrogens with one attached hydrogen (secondary N) is 2. The molecule has 116 valence electrons. The molecule has 2 rings (SSSR count). The van der Waals surface area contributed by atoms with E-state index in [1.165, 1.54) is 6.07 Å².